The van der Waals surface area contributed by atoms with Crippen molar-refractivity contribution in [3.8, 4) is 5.75 Å². The summed E-state index contributed by atoms with van der Waals surface area (Å²) in [6.45, 7) is 4.63. The summed E-state index contributed by atoms with van der Waals surface area (Å²) >= 11 is 0. The molecule has 0 saturated heterocycles. The third-order valence-corrected chi connectivity index (χ3v) is 3.85. The molecule has 0 bridgehead atoms. The van der Waals surface area contributed by atoms with Gasteiger partial charge in [0.15, 0.2) is 0 Å². The number of nitrogens with one attached hydrogen (secondary N) is 2. The van der Waals surface area contributed by atoms with Crippen molar-refractivity contribution in [1.82, 2.24) is 0 Å². The first-order valence-electron chi connectivity index (χ1n) is 7.44. The van der Waals surface area contributed by atoms with Crippen LogP contribution in [0.2, 0.25) is 0 Å². The van der Waals surface area contributed by atoms with E-state index in [-0.39, 0.29) is 6.04 Å². The molecule has 0 aliphatic carbocycles. The molecule has 0 amide bonds. The summed E-state index contributed by atoms with van der Waals surface area (Å²) in [7, 11) is -3.25. The van der Waals surface area contributed by atoms with Crippen molar-refractivity contribution in [3.63, 3.8) is 0 Å². The number of sulfonamides is 1. The van der Waals surface area contributed by atoms with E-state index in [0.717, 1.165) is 23.3 Å². The van der Waals surface area contributed by atoms with Crippen molar-refractivity contribution < 1.29 is 13.2 Å². The summed E-state index contributed by atoms with van der Waals surface area (Å²) in [4.78, 5) is 0. The van der Waals surface area contributed by atoms with Gasteiger partial charge in [0.25, 0.3) is 0 Å². The first-order valence-corrected chi connectivity index (χ1v) is 9.33. The van der Waals surface area contributed by atoms with Crippen LogP contribution in [0.3, 0.4) is 0 Å². The molecule has 0 heterocycles. The molecule has 0 unspecified atom stereocenters. The fourth-order valence-electron chi connectivity index (χ4n) is 2.23. The summed E-state index contributed by atoms with van der Waals surface area (Å²) in [5, 5.41) is 3.41. The summed E-state index contributed by atoms with van der Waals surface area (Å²) in [6.07, 6.45) is 1.14. The van der Waals surface area contributed by atoms with Crippen molar-refractivity contribution in [3.05, 3.63) is 54.1 Å². The molecule has 124 valence electrons. The van der Waals surface area contributed by atoms with Crippen LogP contribution in [0, 0.1) is 0 Å². The predicted octanol–water partition coefficient (Wildman–Crippen LogP) is 3.63. The number of hydrogen-bond acceptors (Lipinski definition) is 4. The number of rotatable bonds is 7. The van der Waals surface area contributed by atoms with E-state index >= 15 is 0 Å². The highest BCUT2D eigenvalue weighted by Crippen LogP contribution is 2.24. The molecule has 2 aromatic rings. The quantitative estimate of drug-likeness (QED) is 0.811. The molecule has 0 aliphatic rings. The van der Waals surface area contributed by atoms with E-state index < -0.39 is 10.0 Å². The van der Waals surface area contributed by atoms with Gasteiger partial charge in [-0.3, -0.25) is 4.72 Å². The SMILES string of the molecule is CCOc1cccc(N[C@H](C)c2ccc(NS(C)(=O)=O)cc2)c1. The van der Waals surface area contributed by atoms with Crippen LogP contribution in [0.25, 0.3) is 0 Å². The Bertz CT molecular complexity index is 743. The maximum atomic E-state index is 11.2. The lowest BCUT2D eigenvalue weighted by Crippen LogP contribution is -2.10. The van der Waals surface area contributed by atoms with Crippen LogP contribution in [0.1, 0.15) is 25.5 Å². The van der Waals surface area contributed by atoms with E-state index in [4.69, 9.17) is 4.74 Å². The van der Waals surface area contributed by atoms with E-state index in [1.54, 1.807) is 12.1 Å². The number of hydrogen-bond donors (Lipinski definition) is 2. The minimum absolute atomic E-state index is 0.0826. The number of ether oxygens (including phenoxy) is 1. The fraction of sp³-hybridized carbons (Fsp3) is 0.294. The lowest BCUT2D eigenvalue weighted by atomic mass is 10.1. The Hall–Kier alpha value is -2.21. The second kappa shape index (κ2) is 7.37. The van der Waals surface area contributed by atoms with Gasteiger partial charge < -0.3 is 10.1 Å². The Balaban J connectivity index is 2.05. The zero-order valence-electron chi connectivity index (χ0n) is 13.5. The second-order valence-corrected chi connectivity index (χ2v) is 7.07. The third-order valence-electron chi connectivity index (χ3n) is 3.24. The van der Waals surface area contributed by atoms with Crippen LogP contribution in [-0.2, 0) is 10.0 Å². The van der Waals surface area contributed by atoms with Crippen molar-refractivity contribution in [2.24, 2.45) is 0 Å². The average Bonchev–Trinajstić information content (AvgIpc) is 2.47. The molecule has 0 radical (unpaired) electrons. The highest BCUT2D eigenvalue weighted by Gasteiger charge is 2.07. The van der Waals surface area contributed by atoms with Crippen molar-refractivity contribution in [1.29, 1.82) is 0 Å². The topological polar surface area (TPSA) is 67.4 Å². The van der Waals surface area contributed by atoms with Gasteiger partial charge in [-0.25, -0.2) is 8.42 Å². The van der Waals surface area contributed by atoms with Crippen molar-refractivity contribution >= 4 is 21.4 Å². The lowest BCUT2D eigenvalue weighted by Gasteiger charge is -2.17. The smallest absolute Gasteiger partial charge is 0.229 e. The van der Waals surface area contributed by atoms with E-state index in [9.17, 15) is 8.42 Å². The van der Waals surface area contributed by atoms with Crippen LogP contribution in [-0.4, -0.2) is 21.3 Å². The molecular weight excluding hydrogens is 312 g/mol. The largest absolute Gasteiger partial charge is 0.494 e. The minimum Gasteiger partial charge on any atom is -0.494 e. The summed E-state index contributed by atoms with van der Waals surface area (Å²) in [6, 6.07) is 15.2. The van der Waals surface area contributed by atoms with Crippen LogP contribution < -0.4 is 14.8 Å². The maximum Gasteiger partial charge on any atom is 0.229 e. The van der Waals surface area contributed by atoms with Crippen molar-refractivity contribution in [2.75, 3.05) is 22.9 Å². The second-order valence-electron chi connectivity index (χ2n) is 5.32. The lowest BCUT2D eigenvalue weighted by molar-refractivity contribution is 0.340. The molecule has 0 aliphatic heterocycles. The van der Waals surface area contributed by atoms with Crippen LogP contribution >= 0.6 is 0 Å². The first kappa shape index (κ1) is 17.1. The summed E-state index contributed by atoms with van der Waals surface area (Å²) in [5.74, 6) is 0.831. The molecule has 6 heteroatoms. The van der Waals surface area contributed by atoms with E-state index in [1.807, 2.05) is 50.2 Å². The van der Waals surface area contributed by atoms with Crippen LogP contribution in [0.4, 0.5) is 11.4 Å². The molecule has 5 nitrogen and oxygen atoms in total. The van der Waals surface area contributed by atoms with Gasteiger partial charge in [-0.2, -0.15) is 0 Å². The van der Waals surface area contributed by atoms with Gasteiger partial charge in [-0.15, -0.1) is 0 Å². The Morgan fingerprint density at radius 2 is 1.78 bits per heavy atom. The Kier molecular flexibility index (Phi) is 5.50. The molecule has 23 heavy (non-hydrogen) atoms. The van der Waals surface area contributed by atoms with Gasteiger partial charge in [0.2, 0.25) is 10.0 Å². The van der Waals surface area contributed by atoms with Gasteiger partial charge in [-0.05, 0) is 43.7 Å². The highest BCUT2D eigenvalue weighted by molar-refractivity contribution is 7.92. The van der Waals surface area contributed by atoms with Crippen LogP contribution in [0.5, 0.6) is 5.75 Å². The average molecular weight is 334 g/mol. The minimum atomic E-state index is -3.25. The molecule has 1 atom stereocenters. The van der Waals surface area contributed by atoms with E-state index in [0.29, 0.717) is 12.3 Å². The molecular formula is C17H22N2O3S. The molecule has 2 rings (SSSR count). The predicted molar refractivity (Wildman–Crippen MR) is 94.6 cm³/mol. The number of anilines is 2. The van der Waals surface area contributed by atoms with Gasteiger partial charge in [0, 0.05) is 23.5 Å². The molecule has 0 fully saturated rings. The van der Waals surface area contributed by atoms with Crippen LogP contribution in [0.15, 0.2) is 48.5 Å². The van der Waals surface area contributed by atoms with Gasteiger partial charge in [-0.1, -0.05) is 18.2 Å². The maximum absolute atomic E-state index is 11.2. The molecule has 0 spiro atoms. The zero-order chi connectivity index (χ0) is 16.9. The Morgan fingerprint density at radius 1 is 1.09 bits per heavy atom. The Labute approximate surface area is 137 Å². The van der Waals surface area contributed by atoms with Gasteiger partial charge in [0.05, 0.1) is 12.9 Å². The third kappa shape index (κ3) is 5.49. The first-order chi connectivity index (χ1) is 10.9. The number of benzene rings is 2. The Morgan fingerprint density at radius 3 is 2.39 bits per heavy atom. The normalized spacial score (nSPS) is 12.5. The van der Waals surface area contributed by atoms with E-state index in [1.165, 1.54) is 0 Å². The van der Waals surface area contributed by atoms with Crippen molar-refractivity contribution in [2.45, 2.75) is 19.9 Å². The standard InChI is InChI=1S/C17H22N2O3S/c1-4-22-17-7-5-6-16(12-17)18-13(2)14-8-10-15(11-9-14)19-23(3,20)21/h5-13,18-19H,4H2,1-3H3/t13-/m1/s1. The van der Waals surface area contributed by atoms with Gasteiger partial charge >= 0.3 is 0 Å². The monoisotopic (exact) mass is 334 g/mol. The van der Waals surface area contributed by atoms with E-state index in [2.05, 4.69) is 10.0 Å². The fourth-order valence-corrected chi connectivity index (χ4v) is 2.79. The molecule has 2 N–H and O–H groups in total. The molecule has 0 aromatic heterocycles. The summed E-state index contributed by atoms with van der Waals surface area (Å²) < 4.78 is 30.4. The zero-order valence-corrected chi connectivity index (χ0v) is 14.4. The highest BCUT2D eigenvalue weighted by atomic mass is 32.2. The molecule has 0 saturated carbocycles. The molecule has 2 aromatic carbocycles. The summed E-state index contributed by atoms with van der Waals surface area (Å²) in [5.41, 5.74) is 2.59. The van der Waals surface area contributed by atoms with Gasteiger partial charge in [0.1, 0.15) is 5.75 Å².